The molecule has 0 bridgehead atoms. The summed E-state index contributed by atoms with van der Waals surface area (Å²) in [6.45, 7) is 3.82. The van der Waals surface area contributed by atoms with Crippen molar-refractivity contribution in [2.24, 2.45) is 5.16 Å². The number of halogens is 1. The van der Waals surface area contributed by atoms with E-state index in [1.165, 1.54) is 0 Å². The summed E-state index contributed by atoms with van der Waals surface area (Å²) in [7, 11) is 0. The number of nitrogens with one attached hydrogen (secondary N) is 1. The molecular weight excluding hydrogens is 344 g/mol. The number of rotatable bonds is 3. The third kappa shape index (κ3) is 3.58. The third-order valence-electron chi connectivity index (χ3n) is 3.51. The van der Waals surface area contributed by atoms with E-state index < -0.39 is 6.09 Å². The lowest BCUT2D eigenvalue weighted by atomic mass is 10.1. The van der Waals surface area contributed by atoms with Gasteiger partial charge in [-0.05, 0) is 55.1 Å². The molecule has 3 rings (SSSR count). The van der Waals surface area contributed by atoms with Gasteiger partial charge in [-0.25, -0.2) is 4.79 Å². The second kappa shape index (κ2) is 7.03. The lowest BCUT2D eigenvalue weighted by molar-refractivity contribution is 0.166. The van der Waals surface area contributed by atoms with Crippen molar-refractivity contribution in [3.8, 4) is 0 Å². The quantitative estimate of drug-likeness (QED) is 0.363. The first kappa shape index (κ1) is 16.5. The fourth-order valence-corrected chi connectivity index (χ4v) is 3.65. The molecule has 0 atom stereocenters. The molecule has 0 fully saturated rings. The summed E-state index contributed by atoms with van der Waals surface area (Å²) < 4.78 is 1.12. The van der Waals surface area contributed by atoms with E-state index in [9.17, 15) is 4.79 Å². The highest BCUT2D eigenvalue weighted by atomic mass is 35.5. The molecule has 0 unspecified atom stereocenters. The molecule has 3 aromatic rings. The van der Waals surface area contributed by atoms with Crippen LogP contribution < -0.4 is 5.32 Å². The molecule has 0 aliphatic carbocycles. The average Bonchev–Trinajstić information content (AvgIpc) is 2.90. The Hall–Kier alpha value is -2.37. The molecule has 0 saturated heterocycles. The summed E-state index contributed by atoms with van der Waals surface area (Å²) in [6.07, 6.45) is -0.623. The van der Waals surface area contributed by atoms with E-state index >= 15 is 0 Å². The summed E-state index contributed by atoms with van der Waals surface area (Å²) in [5.41, 5.74) is 2.38. The number of hydrogen-bond donors (Lipinski definition) is 1. The molecule has 0 saturated carbocycles. The van der Waals surface area contributed by atoms with Gasteiger partial charge < -0.3 is 0 Å². The third-order valence-corrected chi connectivity index (χ3v) is 5.13. The first-order chi connectivity index (χ1) is 11.5. The number of nitrogens with zero attached hydrogens (tertiary/aromatic N) is 1. The number of benzene rings is 2. The van der Waals surface area contributed by atoms with Crippen molar-refractivity contribution in [3.05, 3.63) is 64.0 Å². The van der Waals surface area contributed by atoms with Crippen molar-refractivity contribution in [1.82, 2.24) is 0 Å². The van der Waals surface area contributed by atoms with Gasteiger partial charge in [-0.15, -0.1) is 11.3 Å². The van der Waals surface area contributed by atoms with Gasteiger partial charge >= 0.3 is 6.09 Å². The van der Waals surface area contributed by atoms with Gasteiger partial charge in [0.05, 0.1) is 10.6 Å². The Labute approximate surface area is 148 Å². The predicted molar refractivity (Wildman–Crippen MR) is 100 cm³/mol. The van der Waals surface area contributed by atoms with Crippen molar-refractivity contribution in [1.29, 1.82) is 0 Å². The van der Waals surface area contributed by atoms with Crippen LogP contribution in [0.15, 0.2) is 53.7 Å². The zero-order valence-electron chi connectivity index (χ0n) is 13.2. The molecule has 6 heteroatoms. The summed E-state index contributed by atoms with van der Waals surface area (Å²) in [5, 5.41) is 8.35. The van der Waals surface area contributed by atoms with Crippen LogP contribution in [0.4, 0.5) is 10.5 Å². The lowest BCUT2D eigenvalue weighted by Crippen LogP contribution is -2.11. The number of carbonyl (C=O) groups excluding carboxylic acids is 1. The van der Waals surface area contributed by atoms with Crippen LogP contribution in [0, 0.1) is 6.92 Å². The van der Waals surface area contributed by atoms with Crippen molar-refractivity contribution in [2.45, 2.75) is 13.8 Å². The largest absolute Gasteiger partial charge is 0.437 e. The molecule has 0 spiro atoms. The Balaban J connectivity index is 1.76. The van der Waals surface area contributed by atoms with Crippen LogP contribution >= 0.6 is 22.9 Å². The van der Waals surface area contributed by atoms with Gasteiger partial charge in [0, 0.05) is 15.4 Å². The topological polar surface area (TPSA) is 50.7 Å². The summed E-state index contributed by atoms with van der Waals surface area (Å²) in [4.78, 5) is 17.7. The van der Waals surface area contributed by atoms with E-state index in [2.05, 4.69) is 10.5 Å². The van der Waals surface area contributed by atoms with E-state index in [0.29, 0.717) is 16.4 Å². The Kier molecular flexibility index (Phi) is 4.83. The molecule has 1 amide bonds. The predicted octanol–water partition coefficient (Wildman–Crippen LogP) is 5.84. The van der Waals surface area contributed by atoms with Gasteiger partial charge in [-0.1, -0.05) is 35.0 Å². The van der Waals surface area contributed by atoms with Crippen LogP contribution in [0.5, 0.6) is 0 Å². The van der Waals surface area contributed by atoms with Gasteiger partial charge in [0.2, 0.25) is 0 Å². The normalized spacial score (nSPS) is 11.5. The molecule has 24 heavy (non-hydrogen) atoms. The van der Waals surface area contributed by atoms with Gasteiger partial charge in [-0.3, -0.25) is 10.2 Å². The zero-order valence-corrected chi connectivity index (χ0v) is 14.7. The molecule has 0 radical (unpaired) electrons. The number of amides is 1. The molecule has 4 nitrogen and oxygen atoms in total. The highest BCUT2D eigenvalue weighted by molar-refractivity contribution is 7.21. The fraction of sp³-hybridized carbons (Fsp3) is 0.111. The van der Waals surface area contributed by atoms with E-state index in [4.69, 9.17) is 16.4 Å². The SMILES string of the molecule is CC(=NOC(=O)Nc1ccccc1)c1sc2ccc(Cl)cc2c1C. The molecule has 2 aromatic carbocycles. The van der Waals surface area contributed by atoms with Crippen molar-refractivity contribution >= 4 is 50.5 Å². The number of carbonyl (C=O) groups is 1. The molecule has 0 aliphatic rings. The Morgan fingerprint density at radius 2 is 1.96 bits per heavy atom. The highest BCUT2D eigenvalue weighted by Gasteiger charge is 2.12. The van der Waals surface area contributed by atoms with Crippen LogP contribution in [-0.2, 0) is 4.84 Å². The monoisotopic (exact) mass is 358 g/mol. The molecule has 1 N–H and O–H groups in total. The van der Waals surface area contributed by atoms with Crippen LogP contribution in [0.2, 0.25) is 5.02 Å². The van der Waals surface area contributed by atoms with Crippen LogP contribution in [0.25, 0.3) is 10.1 Å². The maximum atomic E-state index is 11.8. The minimum absolute atomic E-state index is 0.623. The van der Waals surface area contributed by atoms with E-state index in [0.717, 1.165) is 20.5 Å². The van der Waals surface area contributed by atoms with E-state index in [1.54, 1.807) is 23.5 Å². The summed E-state index contributed by atoms with van der Waals surface area (Å²) in [5.74, 6) is 0. The Morgan fingerprint density at radius 1 is 1.21 bits per heavy atom. The maximum Gasteiger partial charge on any atom is 0.437 e. The smallest absolute Gasteiger partial charge is 0.297 e. The van der Waals surface area contributed by atoms with Crippen molar-refractivity contribution < 1.29 is 9.63 Å². The first-order valence-electron chi connectivity index (χ1n) is 7.31. The number of hydrogen-bond acceptors (Lipinski definition) is 4. The standard InChI is InChI=1S/C18H15ClN2O2S/c1-11-15-10-13(19)8-9-16(15)24-17(11)12(2)21-23-18(22)20-14-6-4-3-5-7-14/h3-10H,1-2H3,(H,20,22). The second-order valence-electron chi connectivity index (χ2n) is 5.24. The minimum Gasteiger partial charge on any atom is -0.297 e. The number of fused-ring (bicyclic) bond motifs is 1. The van der Waals surface area contributed by atoms with Crippen LogP contribution in [-0.4, -0.2) is 11.8 Å². The molecule has 1 heterocycles. The van der Waals surface area contributed by atoms with Gasteiger partial charge in [0.15, 0.2) is 0 Å². The van der Waals surface area contributed by atoms with Crippen LogP contribution in [0.3, 0.4) is 0 Å². The van der Waals surface area contributed by atoms with E-state index in [-0.39, 0.29) is 0 Å². The van der Waals surface area contributed by atoms with Gasteiger partial charge in [0.1, 0.15) is 0 Å². The van der Waals surface area contributed by atoms with Crippen LogP contribution in [0.1, 0.15) is 17.4 Å². The Morgan fingerprint density at radius 3 is 2.71 bits per heavy atom. The minimum atomic E-state index is -0.623. The number of oxime groups is 1. The van der Waals surface area contributed by atoms with Gasteiger partial charge in [0.25, 0.3) is 0 Å². The molecule has 122 valence electrons. The summed E-state index contributed by atoms with van der Waals surface area (Å²) >= 11 is 7.65. The van der Waals surface area contributed by atoms with Gasteiger partial charge in [-0.2, -0.15) is 0 Å². The fourth-order valence-electron chi connectivity index (χ4n) is 2.35. The van der Waals surface area contributed by atoms with E-state index in [1.807, 2.05) is 50.2 Å². The van der Waals surface area contributed by atoms with Crippen molar-refractivity contribution in [2.75, 3.05) is 5.32 Å². The first-order valence-corrected chi connectivity index (χ1v) is 8.50. The number of thiophene rings is 1. The average molecular weight is 359 g/mol. The maximum absolute atomic E-state index is 11.8. The summed E-state index contributed by atoms with van der Waals surface area (Å²) in [6, 6.07) is 14.9. The second-order valence-corrected chi connectivity index (χ2v) is 6.73. The lowest BCUT2D eigenvalue weighted by Gasteiger charge is -2.03. The number of anilines is 1. The highest BCUT2D eigenvalue weighted by Crippen LogP contribution is 2.33. The zero-order chi connectivity index (χ0) is 17.1. The Bertz CT molecular complexity index is 919. The molecule has 0 aliphatic heterocycles. The molecule has 1 aromatic heterocycles. The number of aryl methyl sites for hydroxylation is 1. The number of para-hydroxylation sites is 1. The van der Waals surface area contributed by atoms with Crippen molar-refractivity contribution in [3.63, 3.8) is 0 Å². The molecular formula is C18H15ClN2O2S.